The highest BCUT2D eigenvalue weighted by Crippen LogP contribution is 2.33. The molecule has 3 nitrogen and oxygen atoms in total. The Labute approximate surface area is 113 Å². The van der Waals surface area contributed by atoms with Crippen molar-refractivity contribution in [1.29, 1.82) is 0 Å². The van der Waals surface area contributed by atoms with Crippen LogP contribution in [0.3, 0.4) is 0 Å². The molecule has 4 heteroatoms. The maximum absolute atomic E-state index is 11.7. The molecule has 1 aliphatic rings. The molecule has 0 aliphatic heterocycles. The maximum atomic E-state index is 11.7. The number of carbonyl (C=O) groups excluding carboxylic acids is 2. The third-order valence-electron chi connectivity index (χ3n) is 2.76. The van der Waals surface area contributed by atoms with Crippen molar-refractivity contribution in [1.82, 2.24) is 0 Å². The Kier molecular flexibility index (Phi) is 8.32. The zero-order valence-electron chi connectivity index (χ0n) is 12.5. The molecular formula is C14H28O3S. The molecule has 18 heavy (non-hydrogen) atoms. The molecule has 0 saturated heterocycles. The fourth-order valence-electron chi connectivity index (χ4n) is 1.74. The van der Waals surface area contributed by atoms with Crippen LogP contribution in [0.15, 0.2) is 0 Å². The van der Waals surface area contributed by atoms with Crippen molar-refractivity contribution in [3.63, 3.8) is 0 Å². The van der Waals surface area contributed by atoms with Crippen molar-refractivity contribution in [2.75, 3.05) is 31.1 Å². The molecule has 1 aliphatic carbocycles. The smallest absolute Gasteiger partial charge is 0.309 e. The summed E-state index contributed by atoms with van der Waals surface area (Å²) in [6.07, 6.45) is 9.27. The number of hydrogen-bond donors (Lipinski definition) is 0. The minimum absolute atomic E-state index is 0.170. The van der Waals surface area contributed by atoms with Crippen molar-refractivity contribution < 1.29 is 14.3 Å². The van der Waals surface area contributed by atoms with E-state index in [4.69, 9.17) is 4.74 Å². The molecule has 0 aromatic rings. The molecule has 0 aromatic carbocycles. The molecule has 0 spiro atoms. The molecule has 0 amide bonds. The highest BCUT2D eigenvalue weighted by Gasteiger charge is 2.26. The van der Waals surface area contributed by atoms with Gasteiger partial charge in [0.2, 0.25) is 0 Å². The van der Waals surface area contributed by atoms with Gasteiger partial charge in [0.05, 0.1) is 12.5 Å². The molecule has 1 saturated carbocycles. The zero-order valence-corrected chi connectivity index (χ0v) is 13.3. The average molecular weight is 276 g/mol. The van der Waals surface area contributed by atoms with Crippen LogP contribution in [-0.2, 0) is 14.3 Å². The van der Waals surface area contributed by atoms with Gasteiger partial charge in [0.15, 0.2) is 0 Å². The largest absolute Gasteiger partial charge is 0.465 e. The van der Waals surface area contributed by atoms with Gasteiger partial charge in [-0.2, -0.15) is 0 Å². The molecule has 0 aromatic heterocycles. The van der Waals surface area contributed by atoms with Crippen molar-refractivity contribution in [2.24, 2.45) is 5.92 Å². The maximum Gasteiger partial charge on any atom is 0.309 e. The Morgan fingerprint density at radius 1 is 1.33 bits per heavy atom. The monoisotopic (exact) mass is 276 g/mol. The van der Waals surface area contributed by atoms with Crippen LogP contribution in [0, 0.1) is 5.92 Å². The second kappa shape index (κ2) is 8.57. The van der Waals surface area contributed by atoms with Crippen LogP contribution < -0.4 is 0 Å². The molecule has 1 rings (SSSR count). The van der Waals surface area contributed by atoms with Crippen molar-refractivity contribution in [2.45, 2.75) is 39.5 Å². The van der Waals surface area contributed by atoms with Crippen LogP contribution in [-0.4, -0.2) is 42.9 Å². The topological polar surface area (TPSA) is 43.4 Å². The van der Waals surface area contributed by atoms with Gasteiger partial charge in [-0.3, -0.25) is 9.59 Å². The van der Waals surface area contributed by atoms with E-state index in [1.54, 1.807) is 0 Å². The molecule has 0 radical (unpaired) electrons. The van der Waals surface area contributed by atoms with E-state index in [9.17, 15) is 9.59 Å². The summed E-state index contributed by atoms with van der Waals surface area (Å²) in [7, 11) is -0.605. The van der Waals surface area contributed by atoms with Gasteiger partial charge in [-0.15, -0.1) is 0 Å². The summed E-state index contributed by atoms with van der Waals surface area (Å²) in [5, 5.41) is 0. The molecule has 1 fully saturated rings. The third-order valence-corrected chi connectivity index (χ3v) is 4.15. The molecule has 0 heterocycles. The number of esters is 1. The van der Waals surface area contributed by atoms with Gasteiger partial charge < -0.3 is 4.74 Å². The Balaban J connectivity index is 0.00000137. The van der Waals surface area contributed by atoms with Gasteiger partial charge in [-0.1, -0.05) is 13.8 Å². The molecule has 108 valence electrons. The number of Topliss-reactive ketones (excluding diaryl/α,β-unsaturated/α-hetero) is 1. The lowest BCUT2D eigenvalue weighted by atomic mass is 9.88. The average Bonchev–Trinajstić information content (AvgIpc) is 2.30. The summed E-state index contributed by atoms with van der Waals surface area (Å²) >= 11 is 0. The summed E-state index contributed by atoms with van der Waals surface area (Å²) in [5.74, 6) is 0.807. The second-order valence-corrected chi connectivity index (χ2v) is 9.88. The van der Waals surface area contributed by atoms with Crippen LogP contribution in [0.1, 0.15) is 39.5 Å². The van der Waals surface area contributed by atoms with Gasteiger partial charge >= 0.3 is 5.97 Å². The Morgan fingerprint density at radius 2 is 1.94 bits per heavy atom. The van der Waals surface area contributed by atoms with E-state index in [1.807, 2.05) is 13.8 Å². The first-order valence-corrected chi connectivity index (χ1v) is 9.75. The van der Waals surface area contributed by atoms with E-state index in [1.165, 1.54) is 0 Å². The number of ketones is 1. The lowest BCUT2D eigenvalue weighted by Crippen LogP contribution is -2.25. The van der Waals surface area contributed by atoms with Gasteiger partial charge in [0.1, 0.15) is 5.78 Å². The summed E-state index contributed by atoms with van der Waals surface area (Å²) in [6.45, 7) is 4.50. The third kappa shape index (κ3) is 7.75. The lowest BCUT2D eigenvalue weighted by Gasteiger charge is -2.25. The molecule has 1 unspecified atom stereocenters. The highest BCUT2D eigenvalue weighted by atomic mass is 32.3. The summed E-state index contributed by atoms with van der Waals surface area (Å²) in [5.41, 5.74) is 0. The zero-order chi connectivity index (χ0) is 14.2. The first-order valence-electron chi connectivity index (χ1n) is 6.73. The van der Waals surface area contributed by atoms with Crippen LogP contribution >= 0.6 is 10.0 Å². The molecular weight excluding hydrogens is 248 g/mol. The van der Waals surface area contributed by atoms with Gasteiger partial charge in [-0.25, -0.2) is 10.0 Å². The van der Waals surface area contributed by atoms with Crippen LogP contribution in [0.2, 0.25) is 0 Å². The van der Waals surface area contributed by atoms with Crippen LogP contribution in [0.4, 0.5) is 0 Å². The standard InChI is InChI=1S/C12H22O3S.C2H6/c1-16(2,3)8-7-15-12(14)10-5-4-6-11(13)9-10;1-2/h10H,4-9H2,1-3H3;1-2H3. The SMILES string of the molecule is CC.CS(C)(C)CCOC(=O)C1CCCC(=O)C1. The quantitative estimate of drug-likeness (QED) is 0.741. The predicted molar refractivity (Wildman–Crippen MR) is 79.5 cm³/mol. The van der Waals surface area contributed by atoms with Crippen molar-refractivity contribution in [3.8, 4) is 0 Å². The number of carbonyl (C=O) groups is 2. The van der Waals surface area contributed by atoms with E-state index in [-0.39, 0.29) is 17.7 Å². The van der Waals surface area contributed by atoms with E-state index < -0.39 is 10.0 Å². The molecule has 0 N–H and O–H groups in total. The van der Waals surface area contributed by atoms with Gasteiger partial charge in [0.25, 0.3) is 0 Å². The molecule has 0 bridgehead atoms. The normalized spacial score (nSPS) is 20.7. The van der Waals surface area contributed by atoms with Gasteiger partial charge in [-0.05, 0) is 31.6 Å². The Hall–Kier alpha value is -0.510. The Morgan fingerprint density at radius 3 is 2.44 bits per heavy atom. The van der Waals surface area contributed by atoms with Crippen LogP contribution in [0.25, 0.3) is 0 Å². The summed E-state index contributed by atoms with van der Waals surface area (Å²) < 4.78 is 5.24. The van der Waals surface area contributed by atoms with E-state index in [0.717, 1.165) is 18.6 Å². The lowest BCUT2D eigenvalue weighted by molar-refractivity contribution is -0.150. The predicted octanol–water partition coefficient (Wildman–Crippen LogP) is 3.01. The highest BCUT2D eigenvalue weighted by molar-refractivity contribution is 8.32. The van der Waals surface area contributed by atoms with E-state index in [0.29, 0.717) is 19.4 Å². The number of rotatable bonds is 4. The minimum Gasteiger partial charge on any atom is -0.465 e. The first kappa shape index (κ1) is 17.5. The fourth-order valence-corrected chi connectivity index (χ4v) is 2.32. The summed E-state index contributed by atoms with van der Waals surface area (Å²) in [6, 6.07) is 0. The van der Waals surface area contributed by atoms with Crippen LogP contribution in [0.5, 0.6) is 0 Å². The van der Waals surface area contributed by atoms with E-state index >= 15 is 0 Å². The number of hydrogen-bond acceptors (Lipinski definition) is 3. The van der Waals surface area contributed by atoms with Gasteiger partial charge in [0, 0.05) is 18.6 Å². The first-order chi connectivity index (χ1) is 8.38. The molecule has 1 atom stereocenters. The van der Waals surface area contributed by atoms with E-state index in [2.05, 4.69) is 18.8 Å². The fraction of sp³-hybridized carbons (Fsp3) is 0.857. The minimum atomic E-state index is -0.605. The second-order valence-electron chi connectivity index (χ2n) is 5.29. The van der Waals surface area contributed by atoms with Crippen molar-refractivity contribution in [3.05, 3.63) is 0 Å². The number of ether oxygens (including phenoxy) is 1. The Bertz CT molecular complexity index is 269. The van der Waals surface area contributed by atoms with Crippen molar-refractivity contribution >= 4 is 21.8 Å². The summed E-state index contributed by atoms with van der Waals surface area (Å²) in [4.78, 5) is 22.9.